The zero-order valence-electron chi connectivity index (χ0n) is 18.5. The quantitative estimate of drug-likeness (QED) is 0.356. The summed E-state index contributed by atoms with van der Waals surface area (Å²) in [5.41, 5.74) is 1.37. The summed E-state index contributed by atoms with van der Waals surface area (Å²) in [6.45, 7) is 3.82. The lowest BCUT2D eigenvalue weighted by Gasteiger charge is -2.27. The maximum Gasteiger partial charge on any atom is 0.208 e. The van der Waals surface area contributed by atoms with Crippen LogP contribution in [0, 0.1) is 0 Å². The van der Waals surface area contributed by atoms with Gasteiger partial charge in [-0.2, -0.15) is 0 Å². The van der Waals surface area contributed by atoms with E-state index in [1.807, 2.05) is 26.0 Å². The third kappa shape index (κ3) is 8.47. The van der Waals surface area contributed by atoms with Gasteiger partial charge in [0.2, 0.25) is 10.0 Å². The standard InChI is InChI=1S/C22H28Cl3NO6S/c1-22(2,15-8-19(24)21(20(25)9-15)32-12-16(27)10-23)14-4-6-18(7-5-14)31-13-17(28)11-26-33(3,29)30/h4-9,16-17,26-28H,10-13H2,1-3H3/t16-,17+/m0/s1. The molecule has 0 amide bonds. The van der Waals surface area contributed by atoms with Crippen molar-refractivity contribution in [3.63, 3.8) is 0 Å². The second-order valence-corrected chi connectivity index (χ2v) is 11.1. The summed E-state index contributed by atoms with van der Waals surface area (Å²) in [6, 6.07) is 10.8. The number of aliphatic hydroxyl groups is 2. The van der Waals surface area contributed by atoms with E-state index in [2.05, 4.69) is 4.72 Å². The fourth-order valence-corrected chi connectivity index (χ4v) is 4.10. The van der Waals surface area contributed by atoms with Gasteiger partial charge in [-0.05, 0) is 35.4 Å². The molecule has 11 heteroatoms. The van der Waals surface area contributed by atoms with Crippen LogP contribution in [0.25, 0.3) is 0 Å². The van der Waals surface area contributed by atoms with Crippen molar-refractivity contribution in [1.29, 1.82) is 0 Å². The van der Waals surface area contributed by atoms with E-state index in [0.717, 1.165) is 17.4 Å². The summed E-state index contributed by atoms with van der Waals surface area (Å²) in [5.74, 6) is 0.858. The Kier molecular flexibility index (Phi) is 10.1. The second-order valence-electron chi connectivity index (χ2n) is 8.12. The Morgan fingerprint density at radius 3 is 2.03 bits per heavy atom. The van der Waals surface area contributed by atoms with E-state index >= 15 is 0 Å². The number of hydrogen-bond acceptors (Lipinski definition) is 6. The zero-order chi connectivity index (χ0) is 24.8. The number of nitrogens with one attached hydrogen (secondary N) is 1. The van der Waals surface area contributed by atoms with Crippen molar-refractivity contribution in [3.8, 4) is 11.5 Å². The van der Waals surface area contributed by atoms with Gasteiger partial charge in [-0.3, -0.25) is 0 Å². The first-order valence-corrected chi connectivity index (χ1v) is 13.2. The summed E-state index contributed by atoms with van der Waals surface area (Å²) < 4.78 is 35.5. The molecule has 0 saturated heterocycles. The summed E-state index contributed by atoms with van der Waals surface area (Å²) in [7, 11) is -3.38. The Labute approximate surface area is 209 Å². The van der Waals surface area contributed by atoms with Gasteiger partial charge in [0, 0.05) is 12.0 Å². The normalized spacial score (nSPS) is 14.1. The van der Waals surface area contributed by atoms with E-state index < -0.39 is 27.6 Å². The molecule has 0 aliphatic rings. The number of benzene rings is 2. The molecule has 2 aromatic carbocycles. The minimum absolute atomic E-state index is 0.0217. The monoisotopic (exact) mass is 539 g/mol. The molecule has 0 heterocycles. The number of halogens is 3. The lowest BCUT2D eigenvalue weighted by molar-refractivity contribution is 0.111. The molecule has 0 aromatic heterocycles. The van der Waals surface area contributed by atoms with Gasteiger partial charge < -0.3 is 19.7 Å². The topological polar surface area (TPSA) is 105 Å². The minimum atomic E-state index is -3.38. The van der Waals surface area contributed by atoms with Crippen LogP contribution < -0.4 is 14.2 Å². The van der Waals surface area contributed by atoms with Crippen molar-refractivity contribution in [1.82, 2.24) is 4.72 Å². The molecule has 0 radical (unpaired) electrons. The van der Waals surface area contributed by atoms with Crippen LogP contribution in [0.1, 0.15) is 25.0 Å². The average molecular weight is 541 g/mol. The van der Waals surface area contributed by atoms with Gasteiger partial charge in [0.25, 0.3) is 0 Å². The third-order valence-corrected chi connectivity index (χ3v) is 6.53. The molecule has 0 aliphatic carbocycles. The lowest BCUT2D eigenvalue weighted by Crippen LogP contribution is -2.34. The molecule has 3 N–H and O–H groups in total. The SMILES string of the molecule is CC(C)(c1ccc(OC[C@H](O)CNS(C)(=O)=O)cc1)c1cc(Cl)c(OC[C@@H](O)CCl)c(Cl)c1. The Hall–Kier alpha value is -1.26. The highest BCUT2D eigenvalue weighted by Gasteiger charge is 2.26. The van der Waals surface area contributed by atoms with E-state index in [1.54, 1.807) is 24.3 Å². The van der Waals surface area contributed by atoms with E-state index in [0.29, 0.717) is 15.8 Å². The minimum Gasteiger partial charge on any atom is -0.491 e. The van der Waals surface area contributed by atoms with Crippen LogP contribution in [0.5, 0.6) is 11.5 Å². The summed E-state index contributed by atoms with van der Waals surface area (Å²) in [4.78, 5) is 0. The molecule has 184 valence electrons. The van der Waals surface area contributed by atoms with Crippen LogP contribution in [0.3, 0.4) is 0 Å². The number of aliphatic hydroxyl groups excluding tert-OH is 2. The maximum atomic E-state index is 11.1. The molecule has 0 aliphatic heterocycles. The summed E-state index contributed by atoms with van der Waals surface area (Å²) in [6.07, 6.45) is -0.785. The van der Waals surface area contributed by atoms with Crippen LogP contribution in [0.4, 0.5) is 0 Å². The molecule has 7 nitrogen and oxygen atoms in total. The van der Waals surface area contributed by atoms with Gasteiger partial charge in [-0.1, -0.05) is 49.2 Å². The molecule has 0 bridgehead atoms. The maximum absolute atomic E-state index is 11.1. The van der Waals surface area contributed by atoms with Crippen LogP contribution >= 0.6 is 34.8 Å². The van der Waals surface area contributed by atoms with Gasteiger partial charge in [0.1, 0.15) is 31.2 Å². The van der Waals surface area contributed by atoms with Gasteiger partial charge in [0.15, 0.2) is 5.75 Å². The van der Waals surface area contributed by atoms with E-state index in [9.17, 15) is 18.6 Å². The largest absolute Gasteiger partial charge is 0.491 e. The van der Waals surface area contributed by atoms with Crippen LogP contribution in [-0.4, -0.2) is 62.7 Å². The van der Waals surface area contributed by atoms with Crippen molar-refractivity contribution in [2.45, 2.75) is 31.5 Å². The van der Waals surface area contributed by atoms with Crippen molar-refractivity contribution >= 4 is 44.8 Å². The Bertz CT molecular complexity index is 1010. The van der Waals surface area contributed by atoms with Crippen LogP contribution in [-0.2, 0) is 15.4 Å². The number of alkyl halides is 1. The molecule has 33 heavy (non-hydrogen) atoms. The first-order chi connectivity index (χ1) is 15.3. The van der Waals surface area contributed by atoms with Crippen molar-refractivity contribution < 1.29 is 28.1 Å². The molecule has 2 aromatic rings. The van der Waals surface area contributed by atoms with Crippen molar-refractivity contribution in [2.24, 2.45) is 0 Å². The van der Waals surface area contributed by atoms with E-state index in [4.69, 9.17) is 44.3 Å². The molecule has 0 saturated carbocycles. The highest BCUT2D eigenvalue weighted by atomic mass is 35.5. The van der Waals surface area contributed by atoms with E-state index in [-0.39, 0.29) is 31.4 Å². The number of ether oxygens (including phenoxy) is 2. The van der Waals surface area contributed by atoms with Crippen LogP contribution in [0.15, 0.2) is 36.4 Å². The van der Waals surface area contributed by atoms with Gasteiger partial charge >= 0.3 is 0 Å². The smallest absolute Gasteiger partial charge is 0.208 e. The van der Waals surface area contributed by atoms with Crippen molar-refractivity contribution in [3.05, 3.63) is 57.6 Å². The predicted octanol–water partition coefficient (Wildman–Crippen LogP) is 3.59. The van der Waals surface area contributed by atoms with Gasteiger partial charge in [0.05, 0.1) is 22.2 Å². The fourth-order valence-electron chi connectivity index (χ4n) is 2.92. The first kappa shape index (κ1) is 28.0. The van der Waals surface area contributed by atoms with Crippen LogP contribution in [0.2, 0.25) is 10.0 Å². The molecule has 0 spiro atoms. The second kappa shape index (κ2) is 11.9. The molecular weight excluding hydrogens is 513 g/mol. The van der Waals surface area contributed by atoms with Gasteiger partial charge in [-0.25, -0.2) is 13.1 Å². The number of sulfonamides is 1. The lowest BCUT2D eigenvalue weighted by atomic mass is 9.78. The first-order valence-electron chi connectivity index (χ1n) is 10.1. The van der Waals surface area contributed by atoms with Gasteiger partial charge in [-0.15, -0.1) is 11.6 Å². The van der Waals surface area contributed by atoms with E-state index in [1.165, 1.54) is 0 Å². The fraction of sp³-hybridized carbons (Fsp3) is 0.455. The highest BCUT2D eigenvalue weighted by Crippen LogP contribution is 2.40. The molecule has 0 fully saturated rings. The molecule has 2 rings (SSSR count). The average Bonchev–Trinajstić information content (AvgIpc) is 2.75. The number of hydrogen-bond donors (Lipinski definition) is 3. The summed E-state index contributed by atoms with van der Waals surface area (Å²) in [5, 5.41) is 20.1. The zero-order valence-corrected chi connectivity index (χ0v) is 21.6. The molecule has 2 atom stereocenters. The Balaban J connectivity index is 2.09. The predicted molar refractivity (Wildman–Crippen MR) is 132 cm³/mol. The summed E-state index contributed by atoms with van der Waals surface area (Å²) >= 11 is 18.4. The van der Waals surface area contributed by atoms with Crippen molar-refractivity contribution in [2.75, 3.05) is 31.9 Å². The Morgan fingerprint density at radius 2 is 1.52 bits per heavy atom. The molecule has 0 unspecified atom stereocenters. The number of rotatable bonds is 12. The highest BCUT2D eigenvalue weighted by molar-refractivity contribution is 7.88. The molecular formula is C22H28Cl3NO6S. The third-order valence-electron chi connectivity index (χ3n) is 4.92. The Morgan fingerprint density at radius 1 is 0.970 bits per heavy atom.